The first-order chi connectivity index (χ1) is 9.81. The molecule has 0 saturated heterocycles. The zero-order valence-electron chi connectivity index (χ0n) is 13.5. The van der Waals surface area contributed by atoms with E-state index in [2.05, 4.69) is 5.32 Å². The highest BCUT2D eigenvalue weighted by Crippen LogP contribution is 2.29. The smallest absolute Gasteiger partial charge is 0.319 e. The van der Waals surface area contributed by atoms with Crippen LogP contribution in [0.25, 0.3) is 0 Å². The monoisotopic (exact) mass is 291 g/mol. The Morgan fingerprint density at radius 3 is 2.33 bits per heavy atom. The van der Waals surface area contributed by atoms with Gasteiger partial charge in [-0.25, -0.2) is 0 Å². The molecular formula is C17H25NO3. The Hall–Kier alpha value is -1.84. The quantitative estimate of drug-likeness (QED) is 0.668. The molecule has 1 N–H and O–H groups in total. The molecule has 0 aliphatic heterocycles. The van der Waals surface area contributed by atoms with E-state index in [-0.39, 0.29) is 12.5 Å². The highest BCUT2D eigenvalue weighted by molar-refractivity contribution is 6.05. The summed E-state index contributed by atoms with van der Waals surface area (Å²) in [6.07, 6.45) is 0.816. The van der Waals surface area contributed by atoms with Crippen molar-refractivity contribution in [2.24, 2.45) is 11.3 Å². The Balaban J connectivity index is 2.99. The van der Waals surface area contributed by atoms with Crippen LogP contribution in [0.1, 0.15) is 40.2 Å². The van der Waals surface area contributed by atoms with E-state index in [1.807, 2.05) is 52.0 Å². The predicted molar refractivity (Wildman–Crippen MR) is 84.0 cm³/mol. The van der Waals surface area contributed by atoms with Crippen LogP contribution in [-0.2, 0) is 20.7 Å². The Kier molecular flexibility index (Phi) is 5.94. The Morgan fingerprint density at radius 1 is 1.19 bits per heavy atom. The lowest BCUT2D eigenvalue weighted by atomic mass is 9.80. The normalized spacial score (nSPS) is 12.6. The predicted octanol–water partition coefficient (Wildman–Crippen LogP) is 3.41. The summed E-state index contributed by atoms with van der Waals surface area (Å²) in [6, 6.07) is 7.61. The van der Waals surface area contributed by atoms with Crippen LogP contribution in [0.15, 0.2) is 24.3 Å². The molecule has 1 amide bonds. The van der Waals surface area contributed by atoms with E-state index in [1.54, 1.807) is 6.92 Å². The minimum absolute atomic E-state index is 0.268. The lowest BCUT2D eigenvalue weighted by Crippen LogP contribution is -2.40. The lowest BCUT2D eigenvalue weighted by molar-refractivity contribution is -0.155. The third-order valence-electron chi connectivity index (χ3n) is 3.31. The van der Waals surface area contributed by atoms with Gasteiger partial charge in [-0.2, -0.15) is 0 Å². The summed E-state index contributed by atoms with van der Waals surface area (Å²) in [4.78, 5) is 24.6. The van der Waals surface area contributed by atoms with Crippen LogP contribution in [0.2, 0.25) is 0 Å². The van der Waals surface area contributed by atoms with Gasteiger partial charge in [0.2, 0.25) is 5.91 Å². The van der Waals surface area contributed by atoms with Crippen molar-refractivity contribution in [3.8, 4) is 0 Å². The van der Waals surface area contributed by atoms with Crippen molar-refractivity contribution < 1.29 is 14.3 Å². The average Bonchev–Trinajstić information content (AvgIpc) is 2.38. The number of para-hydroxylation sites is 1. The lowest BCUT2D eigenvalue weighted by Gasteiger charge is -2.27. The molecule has 0 aromatic heterocycles. The van der Waals surface area contributed by atoms with Crippen molar-refractivity contribution in [2.75, 3.05) is 11.9 Å². The number of anilines is 1. The maximum atomic E-state index is 12.5. The van der Waals surface area contributed by atoms with Gasteiger partial charge in [0.1, 0.15) is 5.92 Å². The fraction of sp³-hybridized carbons (Fsp3) is 0.529. The fourth-order valence-corrected chi connectivity index (χ4v) is 2.23. The summed E-state index contributed by atoms with van der Waals surface area (Å²) in [7, 11) is 0. The number of ether oxygens (including phenoxy) is 1. The molecule has 1 aromatic carbocycles. The molecule has 0 aliphatic rings. The Morgan fingerprint density at radius 2 is 1.81 bits per heavy atom. The topological polar surface area (TPSA) is 55.4 Å². The molecule has 1 atom stereocenters. The zero-order valence-corrected chi connectivity index (χ0v) is 13.5. The van der Waals surface area contributed by atoms with Gasteiger partial charge in [-0.05, 0) is 30.4 Å². The average molecular weight is 291 g/mol. The van der Waals surface area contributed by atoms with E-state index in [4.69, 9.17) is 4.74 Å². The summed E-state index contributed by atoms with van der Waals surface area (Å²) in [6.45, 7) is 9.61. The standard InChI is InChI=1S/C17H25NO3/c1-6-12-10-8-9-11-13(12)18-15(19)14(17(3,4)5)16(20)21-7-2/h8-11,14H,6-7H2,1-5H3,(H,18,19). The molecule has 0 saturated carbocycles. The molecule has 0 fully saturated rings. The van der Waals surface area contributed by atoms with Crippen LogP contribution < -0.4 is 5.32 Å². The molecule has 4 nitrogen and oxygen atoms in total. The van der Waals surface area contributed by atoms with Crippen LogP contribution in [-0.4, -0.2) is 18.5 Å². The number of hydrogen-bond donors (Lipinski definition) is 1. The second kappa shape index (κ2) is 7.25. The van der Waals surface area contributed by atoms with Crippen molar-refractivity contribution in [1.29, 1.82) is 0 Å². The van der Waals surface area contributed by atoms with Gasteiger partial charge in [0.15, 0.2) is 0 Å². The zero-order chi connectivity index (χ0) is 16.0. The number of carbonyl (C=O) groups is 2. The van der Waals surface area contributed by atoms with Crippen LogP contribution in [0.5, 0.6) is 0 Å². The number of nitrogens with one attached hydrogen (secondary N) is 1. The molecular weight excluding hydrogens is 266 g/mol. The summed E-state index contributed by atoms with van der Waals surface area (Å²) in [5.74, 6) is -1.62. The van der Waals surface area contributed by atoms with Gasteiger partial charge in [0.05, 0.1) is 6.61 Å². The third kappa shape index (κ3) is 4.59. The Labute approximate surface area is 126 Å². The molecule has 0 heterocycles. The van der Waals surface area contributed by atoms with E-state index in [1.165, 1.54) is 0 Å². The minimum atomic E-state index is -0.831. The maximum absolute atomic E-state index is 12.5. The highest BCUT2D eigenvalue weighted by atomic mass is 16.5. The number of carbonyl (C=O) groups excluding carboxylic acids is 2. The summed E-state index contributed by atoms with van der Waals surface area (Å²) < 4.78 is 5.05. The van der Waals surface area contributed by atoms with Crippen molar-refractivity contribution in [1.82, 2.24) is 0 Å². The third-order valence-corrected chi connectivity index (χ3v) is 3.31. The van der Waals surface area contributed by atoms with Gasteiger partial charge in [-0.15, -0.1) is 0 Å². The number of esters is 1. The largest absolute Gasteiger partial charge is 0.465 e. The molecule has 21 heavy (non-hydrogen) atoms. The molecule has 1 unspecified atom stereocenters. The first kappa shape index (κ1) is 17.2. The molecule has 116 valence electrons. The van der Waals surface area contributed by atoms with Crippen LogP contribution in [0.4, 0.5) is 5.69 Å². The maximum Gasteiger partial charge on any atom is 0.319 e. The van der Waals surface area contributed by atoms with Crippen molar-refractivity contribution in [3.63, 3.8) is 0 Å². The summed E-state index contributed by atoms with van der Waals surface area (Å²) in [5, 5.41) is 2.87. The summed E-state index contributed by atoms with van der Waals surface area (Å²) in [5.41, 5.74) is 1.29. The van der Waals surface area contributed by atoms with Crippen molar-refractivity contribution in [3.05, 3.63) is 29.8 Å². The molecule has 0 spiro atoms. The molecule has 0 radical (unpaired) electrons. The van der Waals surface area contributed by atoms with Crippen molar-refractivity contribution in [2.45, 2.75) is 41.0 Å². The SMILES string of the molecule is CCOC(=O)C(C(=O)Nc1ccccc1CC)C(C)(C)C. The number of amides is 1. The van der Waals surface area contributed by atoms with Crippen LogP contribution in [0, 0.1) is 11.3 Å². The van der Waals surface area contributed by atoms with Gasteiger partial charge in [0.25, 0.3) is 0 Å². The van der Waals surface area contributed by atoms with Gasteiger partial charge < -0.3 is 10.1 Å². The number of rotatable bonds is 5. The van der Waals surface area contributed by atoms with Crippen LogP contribution in [0.3, 0.4) is 0 Å². The van der Waals surface area contributed by atoms with Gasteiger partial charge in [-0.3, -0.25) is 9.59 Å². The van der Waals surface area contributed by atoms with E-state index < -0.39 is 17.3 Å². The molecule has 0 aliphatic carbocycles. The van der Waals surface area contributed by atoms with E-state index in [0.717, 1.165) is 17.7 Å². The fourth-order valence-electron chi connectivity index (χ4n) is 2.23. The van der Waals surface area contributed by atoms with E-state index >= 15 is 0 Å². The first-order valence-corrected chi connectivity index (χ1v) is 7.36. The Bertz CT molecular complexity index is 503. The number of aryl methyl sites for hydroxylation is 1. The molecule has 0 bridgehead atoms. The number of benzene rings is 1. The number of hydrogen-bond acceptors (Lipinski definition) is 3. The second-order valence-electron chi connectivity index (χ2n) is 6.05. The molecule has 1 aromatic rings. The molecule has 1 rings (SSSR count). The second-order valence-corrected chi connectivity index (χ2v) is 6.05. The van der Waals surface area contributed by atoms with Gasteiger partial charge in [-0.1, -0.05) is 45.9 Å². The molecule has 4 heteroatoms. The van der Waals surface area contributed by atoms with E-state index in [9.17, 15) is 9.59 Å². The van der Waals surface area contributed by atoms with Crippen molar-refractivity contribution >= 4 is 17.6 Å². The van der Waals surface area contributed by atoms with E-state index in [0.29, 0.717) is 0 Å². The van der Waals surface area contributed by atoms with Crippen LogP contribution >= 0.6 is 0 Å². The van der Waals surface area contributed by atoms with Gasteiger partial charge >= 0.3 is 5.97 Å². The summed E-state index contributed by atoms with van der Waals surface area (Å²) >= 11 is 0. The highest BCUT2D eigenvalue weighted by Gasteiger charge is 2.39. The minimum Gasteiger partial charge on any atom is -0.465 e. The van der Waals surface area contributed by atoms with Gasteiger partial charge in [0, 0.05) is 5.69 Å². The first-order valence-electron chi connectivity index (χ1n) is 7.36.